The maximum atomic E-state index is 13.7. The quantitative estimate of drug-likeness (QED) is 0.837. The van der Waals surface area contributed by atoms with E-state index in [1.165, 1.54) is 12.1 Å². The van der Waals surface area contributed by atoms with Gasteiger partial charge in [0, 0.05) is 30.4 Å². The fourth-order valence-corrected chi connectivity index (χ4v) is 3.13. The summed E-state index contributed by atoms with van der Waals surface area (Å²) in [5, 5.41) is 3.30. The lowest BCUT2D eigenvalue weighted by atomic mass is 10.1. The standard InChI is InChI=1S/C19H20ClFN2O3/c1-25-14-5-3-12(18(10-14)26-2)11-22-17-7-8-23(19(17)24)13-4-6-15(20)16(21)9-13/h3-6,9-10,17,22H,7-8,11H2,1-2H3. The highest BCUT2D eigenvalue weighted by atomic mass is 35.5. The Morgan fingerprint density at radius 1 is 1.23 bits per heavy atom. The largest absolute Gasteiger partial charge is 0.497 e. The minimum atomic E-state index is -0.531. The molecule has 138 valence electrons. The molecule has 0 saturated carbocycles. The number of nitrogens with one attached hydrogen (secondary N) is 1. The first-order chi connectivity index (χ1) is 12.5. The van der Waals surface area contributed by atoms with Crippen molar-refractivity contribution in [2.24, 2.45) is 0 Å². The number of anilines is 1. The van der Waals surface area contributed by atoms with E-state index < -0.39 is 5.82 Å². The number of halogens is 2. The van der Waals surface area contributed by atoms with Gasteiger partial charge in [-0.25, -0.2) is 4.39 Å². The van der Waals surface area contributed by atoms with Crippen LogP contribution in [0.15, 0.2) is 36.4 Å². The number of hydrogen-bond donors (Lipinski definition) is 1. The van der Waals surface area contributed by atoms with Crippen LogP contribution in [0.1, 0.15) is 12.0 Å². The Hall–Kier alpha value is -2.31. The number of carbonyl (C=O) groups excluding carboxylic acids is 1. The first-order valence-corrected chi connectivity index (χ1v) is 8.62. The highest BCUT2D eigenvalue weighted by Crippen LogP contribution is 2.27. The predicted octanol–water partition coefficient (Wildman–Crippen LogP) is 3.39. The van der Waals surface area contributed by atoms with Gasteiger partial charge >= 0.3 is 0 Å². The maximum absolute atomic E-state index is 13.7. The first kappa shape index (κ1) is 18.5. The molecule has 3 rings (SSSR count). The highest BCUT2D eigenvalue weighted by Gasteiger charge is 2.32. The van der Waals surface area contributed by atoms with E-state index in [-0.39, 0.29) is 17.0 Å². The van der Waals surface area contributed by atoms with Crippen LogP contribution in [0.25, 0.3) is 0 Å². The molecule has 1 amide bonds. The van der Waals surface area contributed by atoms with E-state index in [1.54, 1.807) is 31.3 Å². The highest BCUT2D eigenvalue weighted by molar-refractivity contribution is 6.30. The number of rotatable bonds is 6. The molecule has 5 nitrogen and oxygen atoms in total. The molecule has 0 spiro atoms. The lowest BCUT2D eigenvalue weighted by molar-refractivity contribution is -0.118. The Labute approximate surface area is 156 Å². The summed E-state index contributed by atoms with van der Waals surface area (Å²) < 4.78 is 24.2. The number of hydrogen-bond acceptors (Lipinski definition) is 4. The third-order valence-electron chi connectivity index (χ3n) is 4.45. The molecule has 1 unspecified atom stereocenters. The molecule has 1 N–H and O–H groups in total. The summed E-state index contributed by atoms with van der Waals surface area (Å²) in [6.45, 7) is 1.00. The molecule has 0 radical (unpaired) electrons. The molecule has 1 aliphatic heterocycles. The number of carbonyl (C=O) groups is 1. The molecular weight excluding hydrogens is 359 g/mol. The van der Waals surface area contributed by atoms with Gasteiger partial charge in [-0.15, -0.1) is 0 Å². The van der Waals surface area contributed by atoms with Crippen molar-refractivity contribution in [1.82, 2.24) is 5.32 Å². The van der Waals surface area contributed by atoms with Gasteiger partial charge in [0.15, 0.2) is 0 Å². The van der Waals surface area contributed by atoms with Gasteiger partial charge in [0.2, 0.25) is 5.91 Å². The lowest BCUT2D eigenvalue weighted by Crippen LogP contribution is -2.38. The Balaban J connectivity index is 1.67. The average Bonchev–Trinajstić information content (AvgIpc) is 3.02. The summed E-state index contributed by atoms with van der Waals surface area (Å²) in [5.41, 5.74) is 1.44. The minimum absolute atomic E-state index is 0.0432. The Kier molecular flexibility index (Phi) is 5.64. The molecule has 1 atom stereocenters. The molecule has 1 saturated heterocycles. The van der Waals surface area contributed by atoms with Crippen molar-refractivity contribution < 1.29 is 18.7 Å². The van der Waals surface area contributed by atoms with Gasteiger partial charge < -0.3 is 19.7 Å². The minimum Gasteiger partial charge on any atom is -0.497 e. The van der Waals surface area contributed by atoms with Gasteiger partial charge in [-0.3, -0.25) is 4.79 Å². The van der Waals surface area contributed by atoms with Crippen LogP contribution >= 0.6 is 11.6 Å². The molecule has 26 heavy (non-hydrogen) atoms. The Morgan fingerprint density at radius 2 is 2.04 bits per heavy atom. The molecule has 0 aromatic heterocycles. The van der Waals surface area contributed by atoms with Crippen LogP contribution in [0.2, 0.25) is 5.02 Å². The summed E-state index contributed by atoms with van der Waals surface area (Å²) in [6, 6.07) is 9.61. The van der Waals surface area contributed by atoms with Gasteiger partial charge in [0.05, 0.1) is 25.3 Å². The number of nitrogens with zero attached hydrogens (tertiary/aromatic N) is 1. The van der Waals surface area contributed by atoms with E-state index in [4.69, 9.17) is 21.1 Å². The molecule has 2 aromatic rings. The number of benzene rings is 2. The summed E-state index contributed by atoms with van der Waals surface area (Å²) in [7, 11) is 3.19. The summed E-state index contributed by atoms with van der Waals surface area (Å²) in [4.78, 5) is 14.2. The zero-order valence-corrected chi connectivity index (χ0v) is 15.3. The van der Waals surface area contributed by atoms with Crippen molar-refractivity contribution in [3.63, 3.8) is 0 Å². The second-order valence-corrected chi connectivity index (χ2v) is 6.40. The van der Waals surface area contributed by atoms with Gasteiger partial charge in [-0.1, -0.05) is 17.7 Å². The Bertz CT molecular complexity index is 815. The van der Waals surface area contributed by atoms with Crippen LogP contribution in [0, 0.1) is 5.82 Å². The molecule has 2 aromatic carbocycles. The number of ether oxygens (including phenoxy) is 2. The molecule has 7 heteroatoms. The zero-order valence-electron chi connectivity index (χ0n) is 14.6. The van der Waals surface area contributed by atoms with Crippen LogP contribution in [-0.2, 0) is 11.3 Å². The summed E-state index contributed by atoms with van der Waals surface area (Å²) in [6.07, 6.45) is 0.640. The average molecular weight is 379 g/mol. The predicted molar refractivity (Wildman–Crippen MR) is 98.6 cm³/mol. The van der Waals surface area contributed by atoms with Crippen molar-refractivity contribution in [3.8, 4) is 11.5 Å². The summed E-state index contributed by atoms with van der Waals surface area (Å²) >= 11 is 5.71. The van der Waals surface area contributed by atoms with Crippen molar-refractivity contribution in [3.05, 3.63) is 52.8 Å². The topological polar surface area (TPSA) is 50.8 Å². The van der Waals surface area contributed by atoms with Gasteiger partial charge in [0.25, 0.3) is 0 Å². The van der Waals surface area contributed by atoms with Gasteiger partial charge in [0.1, 0.15) is 17.3 Å². The van der Waals surface area contributed by atoms with Crippen LogP contribution in [0.5, 0.6) is 11.5 Å². The van der Waals surface area contributed by atoms with E-state index >= 15 is 0 Å². The van der Waals surface area contributed by atoms with E-state index in [2.05, 4.69) is 5.32 Å². The third kappa shape index (κ3) is 3.76. The molecule has 1 fully saturated rings. The van der Waals surface area contributed by atoms with E-state index in [9.17, 15) is 9.18 Å². The SMILES string of the molecule is COc1ccc(CNC2CCN(c3ccc(Cl)c(F)c3)C2=O)c(OC)c1. The van der Waals surface area contributed by atoms with E-state index in [1.807, 2.05) is 12.1 Å². The van der Waals surface area contributed by atoms with Crippen LogP contribution in [0.3, 0.4) is 0 Å². The molecule has 1 heterocycles. The molecule has 1 aliphatic rings. The van der Waals surface area contributed by atoms with Crippen LogP contribution in [-0.4, -0.2) is 32.7 Å². The van der Waals surface area contributed by atoms with Crippen molar-refractivity contribution in [1.29, 1.82) is 0 Å². The molecule has 0 bridgehead atoms. The smallest absolute Gasteiger partial charge is 0.244 e. The molecular formula is C19H20ClFN2O3. The van der Waals surface area contributed by atoms with Gasteiger partial charge in [-0.05, 0) is 30.7 Å². The van der Waals surface area contributed by atoms with Crippen molar-refractivity contribution in [2.45, 2.75) is 19.0 Å². The monoisotopic (exact) mass is 378 g/mol. The van der Waals surface area contributed by atoms with Crippen LogP contribution in [0.4, 0.5) is 10.1 Å². The number of methoxy groups -OCH3 is 2. The van der Waals surface area contributed by atoms with E-state index in [0.717, 1.165) is 5.56 Å². The van der Waals surface area contributed by atoms with Crippen molar-refractivity contribution in [2.75, 3.05) is 25.7 Å². The van der Waals surface area contributed by atoms with Crippen LogP contribution < -0.4 is 19.7 Å². The molecule has 0 aliphatic carbocycles. The first-order valence-electron chi connectivity index (χ1n) is 8.24. The van der Waals surface area contributed by atoms with Gasteiger partial charge in [-0.2, -0.15) is 0 Å². The Morgan fingerprint density at radius 3 is 2.73 bits per heavy atom. The second kappa shape index (κ2) is 7.93. The normalized spacial score (nSPS) is 16.8. The van der Waals surface area contributed by atoms with Crippen molar-refractivity contribution >= 4 is 23.2 Å². The second-order valence-electron chi connectivity index (χ2n) is 5.99. The zero-order chi connectivity index (χ0) is 18.7. The fraction of sp³-hybridized carbons (Fsp3) is 0.316. The van der Waals surface area contributed by atoms with E-state index in [0.29, 0.717) is 36.7 Å². The third-order valence-corrected chi connectivity index (χ3v) is 4.76. The fourth-order valence-electron chi connectivity index (χ4n) is 3.01. The number of amides is 1. The lowest BCUT2D eigenvalue weighted by Gasteiger charge is -2.18. The summed E-state index contributed by atoms with van der Waals surface area (Å²) in [5.74, 6) is 0.785. The maximum Gasteiger partial charge on any atom is 0.244 e.